The fraction of sp³-hybridized carbons (Fsp3) is 0.0833. The Kier molecular flexibility index (Phi) is 4.74. The Morgan fingerprint density at radius 3 is 2.85 bits per heavy atom. The van der Waals surface area contributed by atoms with E-state index in [-0.39, 0.29) is 12.3 Å². The third-order valence-electron chi connectivity index (χ3n) is 2.29. The van der Waals surface area contributed by atoms with Crippen molar-refractivity contribution < 1.29 is 14.7 Å². The number of aliphatic carboxylic acids is 1. The van der Waals surface area contributed by atoms with Crippen molar-refractivity contribution in [3.8, 4) is 0 Å². The topological polar surface area (TPSA) is 79.3 Å². The summed E-state index contributed by atoms with van der Waals surface area (Å²) in [6.07, 6.45) is -0.170. The lowest BCUT2D eigenvalue weighted by atomic mass is 10.2. The number of anilines is 1. The van der Waals surface area contributed by atoms with Crippen molar-refractivity contribution in [2.45, 2.75) is 6.42 Å². The van der Waals surface area contributed by atoms with Crippen LogP contribution in [0.25, 0.3) is 0 Å². The predicted octanol–water partition coefficient (Wildman–Crippen LogP) is 3.44. The second kappa shape index (κ2) is 6.34. The first-order chi connectivity index (χ1) is 9.45. The molecule has 8 heteroatoms. The summed E-state index contributed by atoms with van der Waals surface area (Å²) in [5, 5.41) is 13.6. The van der Waals surface area contributed by atoms with Gasteiger partial charge in [-0.15, -0.1) is 11.3 Å². The molecule has 0 aliphatic carbocycles. The van der Waals surface area contributed by atoms with Crippen LogP contribution in [0.3, 0.4) is 0 Å². The van der Waals surface area contributed by atoms with Gasteiger partial charge in [0, 0.05) is 15.4 Å². The highest BCUT2D eigenvalue weighted by Gasteiger charge is 2.11. The largest absolute Gasteiger partial charge is 0.481 e. The van der Waals surface area contributed by atoms with Crippen molar-refractivity contribution >= 4 is 55.9 Å². The van der Waals surface area contributed by atoms with Crippen molar-refractivity contribution in [2.75, 3.05) is 5.32 Å². The zero-order valence-electron chi connectivity index (χ0n) is 9.89. The van der Waals surface area contributed by atoms with Crippen molar-refractivity contribution in [3.63, 3.8) is 0 Å². The molecule has 0 atom stereocenters. The van der Waals surface area contributed by atoms with Gasteiger partial charge in [-0.3, -0.25) is 14.9 Å². The first-order valence-corrected chi connectivity index (χ1v) is 7.43. The molecule has 20 heavy (non-hydrogen) atoms. The van der Waals surface area contributed by atoms with Gasteiger partial charge in [-0.25, -0.2) is 4.98 Å². The minimum atomic E-state index is -0.965. The zero-order chi connectivity index (χ0) is 14.7. The molecule has 0 radical (unpaired) electrons. The van der Waals surface area contributed by atoms with Crippen molar-refractivity contribution in [1.29, 1.82) is 0 Å². The lowest BCUT2D eigenvalue weighted by Gasteiger charge is -2.03. The van der Waals surface area contributed by atoms with Crippen LogP contribution >= 0.6 is 38.9 Å². The molecule has 0 aliphatic rings. The maximum atomic E-state index is 12.0. The number of hydrogen-bond donors (Lipinski definition) is 2. The van der Waals surface area contributed by atoms with Gasteiger partial charge in [-0.05, 0) is 34.1 Å². The number of aromatic nitrogens is 1. The molecule has 0 fully saturated rings. The minimum Gasteiger partial charge on any atom is -0.481 e. The van der Waals surface area contributed by atoms with E-state index in [4.69, 9.17) is 16.7 Å². The molecule has 2 rings (SSSR count). The number of halogens is 2. The van der Waals surface area contributed by atoms with Crippen LogP contribution in [0.5, 0.6) is 0 Å². The van der Waals surface area contributed by atoms with Crippen LogP contribution in [-0.4, -0.2) is 22.0 Å². The number of hydrogen-bond acceptors (Lipinski definition) is 4. The first-order valence-electron chi connectivity index (χ1n) is 5.38. The summed E-state index contributed by atoms with van der Waals surface area (Å²) in [5.74, 6) is -1.32. The van der Waals surface area contributed by atoms with Crippen molar-refractivity contribution in [3.05, 3.63) is 44.3 Å². The Hall–Kier alpha value is -1.44. The number of thiazole rings is 1. The molecular weight excluding hydrogens is 368 g/mol. The number of carbonyl (C=O) groups is 2. The van der Waals surface area contributed by atoms with Gasteiger partial charge in [0.1, 0.15) is 0 Å². The lowest BCUT2D eigenvalue weighted by molar-refractivity contribution is -0.136. The van der Waals surface area contributed by atoms with Gasteiger partial charge in [0.25, 0.3) is 5.91 Å². The maximum Gasteiger partial charge on any atom is 0.309 e. The van der Waals surface area contributed by atoms with E-state index in [1.807, 2.05) is 0 Å². The molecule has 0 bridgehead atoms. The molecule has 0 spiro atoms. The van der Waals surface area contributed by atoms with Crippen LogP contribution in [-0.2, 0) is 11.2 Å². The molecular formula is C12H8BrClN2O3S. The molecule has 0 saturated carbocycles. The molecule has 2 aromatic rings. The van der Waals surface area contributed by atoms with Crippen LogP contribution in [0.15, 0.2) is 28.1 Å². The van der Waals surface area contributed by atoms with E-state index < -0.39 is 5.97 Å². The summed E-state index contributed by atoms with van der Waals surface area (Å²) in [5.41, 5.74) is 0.805. The van der Waals surface area contributed by atoms with Crippen LogP contribution in [0.2, 0.25) is 5.02 Å². The summed E-state index contributed by atoms with van der Waals surface area (Å²) in [4.78, 5) is 26.5. The minimum absolute atomic E-state index is 0.170. The molecule has 104 valence electrons. The van der Waals surface area contributed by atoms with Gasteiger partial charge >= 0.3 is 5.97 Å². The number of benzene rings is 1. The fourth-order valence-electron chi connectivity index (χ4n) is 1.41. The van der Waals surface area contributed by atoms with E-state index in [1.54, 1.807) is 17.5 Å². The standard InChI is InChI=1S/C12H8BrClN2O3S/c13-8-2-1-6(3-9(8)14)11(19)16-12-15-7(5-20-12)4-10(17)18/h1-3,5H,4H2,(H,17,18)(H,15,16,19). The summed E-state index contributed by atoms with van der Waals surface area (Å²) in [7, 11) is 0. The molecule has 0 unspecified atom stereocenters. The Morgan fingerprint density at radius 1 is 1.45 bits per heavy atom. The maximum absolute atomic E-state index is 12.0. The monoisotopic (exact) mass is 374 g/mol. The SMILES string of the molecule is O=C(O)Cc1csc(NC(=O)c2ccc(Br)c(Cl)c2)n1. The molecule has 1 amide bonds. The van der Waals surface area contributed by atoms with Crippen LogP contribution < -0.4 is 5.32 Å². The zero-order valence-corrected chi connectivity index (χ0v) is 13.1. The molecule has 1 aromatic carbocycles. The summed E-state index contributed by atoms with van der Waals surface area (Å²) in [6.45, 7) is 0. The van der Waals surface area contributed by atoms with E-state index >= 15 is 0 Å². The average molecular weight is 376 g/mol. The highest BCUT2D eigenvalue weighted by atomic mass is 79.9. The van der Waals surface area contributed by atoms with Gasteiger partial charge < -0.3 is 5.11 Å². The molecule has 0 saturated heterocycles. The average Bonchev–Trinajstić information content (AvgIpc) is 2.79. The molecule has 5 nitrogen and oxygen atoms in total. The van der Waals surface area contributed by atoms with E-state index in [0.29, 0.717) is 25.9 Å². The number of nitrogens with zero attached hydrogens (tertiary/aromatic N) is 1. The van der Waals surface area contributed by atoms with Gasteiger partial charge in [-0.1, -0.05) is 11.6 Å². The highest BCUT2D eigenvalue weighted by Crippen LogP contribution is 2.24. The van der Waals surface area contributed by atoms with E-state index in [2.05, 4.69) is 26.2 Å². The number of rotatable bonds is 4. The van der Waals surface area contributed by atoms with Gasteiger partial charge in [0.2, 0.25) is 0 Å². The Morgan fingerprint density at radius 2 is 2.20 bits per heavy atom. The normalized spacial score (nSPS) is 10.3. The Bertz CT molecular complexity index is 674. The lowest BCUT2D eigenvalue weighted by Crippen LogP contribution is -2.12. The van der Waals surface area contributed by atoms with Gasteiger partial charge in [-0.2, -0.15) is 0 Å². The van der Waals surface area contributed by atoms with E-state index in [9.17, 15) is 9.59 Å². The third-order valence-corrected chi connectivity index (χ3v) is 4.33. The second-order valence-electron chi connectivity index (χ2n) is 3.80. The number of carboxylic acids is 1. The summed E-state index contributed by atoms with van der Waals surface area (Å²) in [6, 6.07) is 4.83. The highest BCUT2D eigenvalue weighted by molar-refractivity contribution is 9.10. The molecule has 1 aromatic heterocycles. The number of nitrogens with one attached hydrogen (secondary N) is 1. The first kappa shape index (κ1) is 15.0. The predicted molar refractivity (Wildman–Crippen MR) is 80.6 cm³/mol. The van der Waals surface area contributed by atoms with Crippen LogP contribution in [0.4, 0.5) is 5.13 Å². The number of amides is 1. The molecule has 1 heterocycles. The summed E-state index contributed by atoms with van der Waals surface area (Å²) < 4.78 is 0.703. The van der Waals surface area contributed by atoms with Gasteiger partial charge in [0.15, 0.2) is 5.13 Å². The molecule has 2 N–H and O–H groups in total. The fourth-order valence-corrected chi connectivity index (χ4v) is 2.54. The number of carbonyl (C=O) groups excluding carboxylic acids is 1. The van der Waals surface area contributed by atoms with Crippen molar-refractivity contribution in [1.82, 2.24) is 4.98 Å². The Balaban J connectivity index is 2.09. The second-order valence-corrected chi connectivity index (χ2v) is 5.92. The van der Waals surface area contributed by atoms with Gasteiger partial charge in [0.05, 0.1) is 17.1 Å². The van der Waals surface area contributed by atoms with Crippen LogP contribution in [0, 0.1) is 0 Å². The van der Waals surface area contributed by atoms with Crippen molar-refractivity contribution in [2.24, 2.45) is 0 Å². The van der Waals surface area contributed by atoms with Crippen LogP contribution in [0.1, 0.15) is 16.1 Å². The molecule has 0 aliphatic heterocycles. The third kappa shape index (κ3) is 3.78. The smallest absolute Gasteiger partial charge is 0.309 e. The van der Waals surface area contributed by atoms with E-state index in [0.717, 1.165) is 0 Å². The summed E-state index contributed by atoms with van der Waals surface area (Å²) >= 11 is 10.3. The quantitative estimate of drug-likeness (QED) is 0.858. The van der Waals surface area contributed by atoms with E-state index in [1.165, 1.54) is 17.4 Å². The Labute approximate surface area is 131 Å². The number of carboxylic acid groups (broad SMARTS) is 1.